The molecule has 8 aromatic carbocycles. The Bertz CT molecular complexity index is 3030. The van der Waals surface area contributed by atoms with E-state index in [-0.39, 0.29) is 5.41 Å². The molecule has 0 saturated carbocycles. The van der Waals surface area contributed by atoms with Crippen LogP contribution < -0.4 is 0 Å². The van der Waals surface area contributed by atoms with Crippen LogP contribution in [0.2, 0.25) is 0 Å². The fourth-order valence-electron chi connectivity index (χ4n) is 8.94. The van der Waals surface area contributed by atoms with E-state index in [4.69, 9.17) is 0 Å². The van der Waals surface area contributed by atoms with Crippen molar-refractivity contribution in [3.63, 3.8) is 0 Å². The van der Waals surface area contributed by atoms with Gasteiger partial charge in [-0.2, -0.15) is 0 Å². The van der Waals surface area contributed by atoms with Crippen LogP contribution in [-0.2, 0) is 5.41 Å². The SMILES string of the molecule is CC1(C)c2ccccc2-c2ccc(-c3ccc4c(c3)c3c5sc6ccc(-c7ccccc7)cc6c5c5ccccc5c3n4-c3ccccc3)cc21. The summed E-state index contributed by atoms with van der Waals surface area (Å²) in [5.41, 5.74) is 14.2. The largest absolute Gasteiger partial charge is 0.309 e. The molecule has 0 fully saturated rings. The van der Waals surface area contributed by atoms with Gasteiger partial charge in [-0.15, -0.1) is 11.3 Å². The van der Waals surface area contributed by atoms with Crippen LogP contribution in [0.5, 0.6) is 0 Å². The van der Waals surface area contributed by atoms with Crippen LogP contribution >= 0.6 is 11.3 Å². The molecule has 0 atom stereocenters. The summed E-state index contributed by atoms with van der Waals surface area (Å²) in [7, 11) is 0. The topological polar surface area (TPSA) is 4.93 Å². The molecule has 2 aromatic heterocycles. The lowest BCUT2D eigenvalue weighted by Crippen LogP contribution is -2.14. The molecule has 1 nitrogen and oxygen atoms in total. The van der Waals surface area contributed by atoms with Gasteiger partial charge in [0.15, 0.2) is 0 Å². The van der Waals surface area contributed by atoms with Gasteiger partial charge in [0.05, 0.1) is 11.0 Å². The second-order valence-corrected chi connectivity index (χ2v) is 15.5. The summed E-state index contributed by atoms with van der Waals surface area (Å²) in [5.74, 6) is 0. The zero-order valence-corrected chi connectivity index (χ0v) is 29.3. The van der Waals surface area contributed by atoms with Crippen LogP contribution in [-0.4, -0.2) is 4.57 Å². The Balaban J connectivity index is 1.24. The molecular formula is C49H33NS. The summed E-state index contributed by atoms with van der Waals surface area (Å²) in [4.78, 5) is 0. The van der Waals surface area contributed by atoms with E-state index in [1.165, 1.54) is 103 Å². The lowest BCUT2D eigenvalue weighted by atomic mass is 9.81. The van der Waals surface area contributed by atoms with Gasteiger partial charge in [-0.3, -0.25) is 0 Å². The first-order chi connectivity index (χ1) is 25.1. The molecule has 1 aliphatic carbocycles. The van der Waals surface area contributed by atoms with Gasteiger partial charge in [0.25, 0.3) is 0 Å². The summed E-state index contributed by atoms with van der Waals surface area (Å²) >= 11 is 1.93. The number of para-hydroxylation sites is 1. The lowest BCUT2D eigenvalue weighted by Gasteiger charge is -2.22. The molecule has 0 saturated heterocycles. The van der Waals surface area contributed by atoms with E-state index in [9.17, 15) is 0 Å². The summed E-state index contributed by atoms with van der Waals surface area (Å²) in [6, 6.07) is 60.9. The minimum Gasteiger partial charge on any atom is -0.309 e. The van der Waals surface area contributed by atoms with Crippen LogP contribution in [0, 0.1) is 0 Å². The number of fused-ring (bicyclic) bond motifs is 13. The maximum atomic E-state index is 2.50. The monoisotopic (exact) mass is 667 g/mol. The number of thiophene rings is 1. The van der Waals surface area contributed by atoms with Crippen LogP contribution in [0.15, 0.2) is 164 Å². The first-order valence-corrected chi connectivity index (χ1v) is 18.6. The van der Waals surface area contributed by atoms with Crippen molar-refractivity contribution in [3.05, 3.63) is 175 Å². The Morgan fingerprint density at radius 1 is 0.451 bits per heavy atom. The van der Waals surface area contributed by atoms with Crippen molar-refractivity contribution in [3.8, 4) is 39.1 Å². The van der Waals surface area contributed by atoms with E-state index in [1.807, 2.05) is 11.3 Å². The normalized spacial score (nSPS) is 13.5. The van der Waals surface area contributed by atoms with Crippen molar-refractivity contribution in [1.82, 2.24) is 4.57 Å². The zero-order valence-electron chi connectivity index (χ0n) is 28.4. The Labute approximate surface area is 300 Å². The molecular weight excluding hydrogens is 635 g/mol. The molecule has 2 heterocycles. The van der Waals surface area contributed by atoms with Gasteiger partial charge in [-0.1, -0.05) is 135 Å². The number of hydrogen-bond donors (Lipinski definition) is 0. The number of aromatic nitrogens is 1. The average molecular weight is 668 g/mol. The first kappa shape index (κ1) is 28.8. The summed E-state index contributed by atoms with van der Waals surface area (Å²) in [6.45, 7) is 4.73. The second kappa shape index (κ2) is 10.5. The van der Waals surface area contributed by atoms with Crippen LogP contribution in [0.3, 0.4) is 0 Å². The number of nitrogens with zero attached hydrogens (tertiary/aromatic N) is 1. The van der Waals surface area contributed by atoms with E-state index < -0.39 is 0 Å². The van der Waals surface area contributed by atoms with Gasteiger partial charge < -0.3 is 4.57 Å². The predicted octanol–water partition coefficient (Wildman–Crippen LogP) is 13.9. The number of benzene rings is 8. The Morgan fingerprint density at radius 3 is 1.92 bits per heavy atom. The quantitative estimate of drug-likeness (QED) is 0.177. The van der Waals surface area contributed by atoms with Crippen molar-refractivity contribution < 1.29 is 0 Å². The highest BCUT2D eigenvalue weighted by Gasteiger charge is 2.35. The molecule has 51 heavy (non-hydrogen) atoms. The molecule has 240 valence electrons. The van der Waals surface area contributed by atoms with Gasteiger partial charge in [0.1, 0.15) is 0 Å². The van der Waals surface area contributed by atoms with Crippen molar-refractivity contribution in [2.24, 2.45) is 0 Å². The Kier molecular flexibility index (Phi) is 5.95. The average Bonchev–Trinajstić information content (AvgIpc) is 3.81. The summed E-state index contributed by atoms with van der Waals surface area (Å²) < 4.78 is 5.17. The van der Waals surface area contributed by atoms with E-state index in [1.54, 1.807) is 0 Å². The maximum Gasteiger partial charge on any atom is 0.0634 e. The molecule has 0 unspecified atom stereocenters. The van der Waals surface area contributed by atoms with Crippen molar-refractivity contribution in [2.45, 2.75) is 19.3 Å². The van der Waals surface area contributed by atoms with Crippen molar-refractivity contribution in [1.29, 1.82) is 0 Å². The third kappa shape index (κ3) is 4.03. The Morgan fingerprint density at radius 2 is 1.08 bits per heavy atom. The van der Waals surface area contributed by atoms with Crippen molar-refractivity contribution in [2.75, 3.05) is 0 Å². The number of rotatable bonds is 3. The maximum absolute atomic E-state index is 2.50. The summed E-state index contributed by atoms with van der Waals surface area (Å²) in [5, 5.41) is 7.89. The predicted molar refractivity (Wildman–Crippen MR) is 220 cm³/mol. The van der Waals surface area contributed by atoms with Gasteiger partial charge >= 0.3 is 0 Å². The standard InChI is InChI=1S/C49H33NS/c1-49(2)41-20-12-11-17-35(41)36-24-21-33(29-42(36)49)32-22-25-43-39(27-32)46-47(50(43)34-15-7-4-8-16-34)38-19-10-9-18-37(38)45-40-28-31(30-13-5-3-6-14-30)23-26-44(40)51-48(45)46/h3-29H,1-2H3. The molecule has 0 amide bonds. The van der Waals surface area contributed by atoms with E-state index in [0.717, 1.165) is 0 Å². The van der Waals surface area contributed by atoms with E-state index >= 15 is 0 Å². The molecule has 0 radical (unpaired) electrons. The minimum absolute atomic E-state index is 0.0455. The van der Waals surface area contributed by atoms with E-state index in [0.29, 0.717) is 0 Å². The molecule has 0 spiro atoms. The summed E-state index contributed by atoms with van der Waals surface area (Å²) in [6.07, 6.45) is 0. The third-order valence-electron chi connectivity index (χ3n) is 11.4. The molecule has 0 N–H and O–H groups in total. The van der Waals surface area contributed by atoms with Gasteiger partial charge in [-0.25, -0.2) is 0 Å². The highest BCUT2D eigenvalue weighted by molar-refractivity contribution is 7.27. The van der Waals surface area contributed by atoms with Gasteiger partial charge in [-0.05, 0) is 92.4 Å². The first-order valence-electron chi connectivity index (χ1n) is 17.8. The van der Waals surface area contributed by atoms with Crippen LogP contribution in [0.1, 0.15) is 25.0 Å². The smallest absolute Gasteiger partial charge is 0.0634 e. The fraction of sp³-hybridized carbons (Fsp3) is 0.0612. The van der Waals surface area contributed by atoms with Gasteiger partial charge in [0.2, 0.25) is 0 Å². The number of hydrogen-bond acceptors (Lipinski definition) is 1. The van der Waals surface area contributed by atoms with Crippen LogP contribution in [0.25, 0.3) is 91.8 Å². The molecule has 0 aliphatic heterocycles. The second-order valence-electron chi connectivity index (χ2n) is 14.5. The third-order valence-corrected chi connectivity index (χ3v) is 12.6. The van der Waals surface area contributed by atoms with Gasteiger partial charge in [0, 0.05) is 47.4 Å². The molecule has 2 heteroatoms. The molecule has 11 rings (SSSR count). The minimum atomic E-state index is -0.0455. The highest BCUT2D eigenvalue weighted by atomic mass is 32.1. The highest BCUT2D eigenvalue weighted by Crippen LogP contribution is 2.51. The van der Waals surface area contributed by atoms with E-state index in [2.05, 4.69) is 182 Å². The van der Waals surface area contributed by atoms with Crippen LogP contribution in [0.4, 0.5) is 0 Å². The zero-order chi connectivity index (χ0) is 33.8. The molecule has 1 aliphatic rings. The Hall–Kier alpha value is -5.96. The molecule has 10 aromatic rings. The lowest BCUT2D eigenvalue weighted by molar-refractivity contribution is 0.660. The fourth-order valence-corrected chi connectivity index (χ4v) is 10.2. The van der Waals surface area contributed by atoms with Crippen molar-refractivity contribution >= 4 is 64.1 Å². The molecule has 0 bridgehead atoms.